The second kappa shape index (κ2) is 6.33. The molecule has 1 aliphatic heterocycles. The van der Waals surface area contributed by atoms with Gasteiger partial charge in [-0.15, -0.1) is 0 Å². The van der Waals surface area contributed by atoms with E-state index in [4.69, 9.17) is 4.74 Å². The summed E-state index contributed by atoms with van der Waals surface area (Å²) < 4.78 is 5.89. The van der Waals surface area contributed by atoms with E-state index >= 15 is 0 Å². The van der Waals surface area contributed by atoms with Gasteiger partial charge in [0.05, 0.1) is 6.10 Å². The van der Waals surface area contributed by atoms with Crippen molar-refractivity contribution < 1.29 is 4.74 Å². The fourth-order valence-corrected chi connectivity index (χ4v) is 4.59. The van der Waals surface area contributed by atoms with Crippen LogP contribution in [0, 0.1) is 17.3 Å². The zero-order valence-corrected chi connectivity index (χ0v) is 14.3. The Bertz CT molecular complexity index is 308. The van der Waals surface area contributed by atoms with Crippen LogP contribution in [-0.2, 0) is 4.74 Å². The van der Waals surface area contributed by atoms with Crippen molar-refractivity contribution in [2.45, 2.75) is 65.1 Å². The van der Waals surface area contributed by atoms with Gasteiger partial charge in [-0.1, -0.05) is 40.5 Å². The minimum atomic E-state index is 0.298. The summed E-state index contributed by atoms with van der Waals surface area (Å²) in [4.78, 5) is 2.40. The van der Waals surface area contributed by atoms with Crippen LogP contribution >= 0.6 is 0 Å². The molecule has 1 N–H and O–H groups in total. The number of nitrogens with zero attached hydrogens (tertiary/aromatic N) is 1. The van der Waals surface area contributed by atoms with Gasteiger partial charge in [-0.25, -0.2) is 0 Å². The predicted molar refractivity (Wildman–Crippen MR) is 85.0 cm³/mol. The van der Waals surface area contributed by atoms with Crippen LogP contribution in [0.1, 0.15) is 47.0 Å². The molecule has 0 amide bonds. The molecule has 1 saturated carbocycles. The summed E-state index contributed by atoms with van der Waals surface area (Å²) in [6.07, 6.45) is 4.27. The molecular weight excluding hydrogens is 248 g/mol. The van der Waals surface area contributed by atoms with Gasteiger partial charge in [0.2, 0.25) is 0 Å². The van der Waals surface area contributed by atoms with E-state index in [0.29, 0.717) is 23.6 Å². The molecule has 0 radical (unpaired) electrons. The van der Waals surface area contributed by atoms with Gasteiger partial charge in [0, 0.05) is 36.6 Å². The van der Waals surface area contributed by atoms with Crippen molar-refractivity contribution in [1.82, 2.24) is 10.2 Å². The van der Waals surface area contributed by atoms with E-state index in [0.717, 1.165) is 25.0 Å². The number of nitrogens with one attached hydrogen (secondary N) is 1. The summed E-state index contributed by atoms with van der Waals surface area (Å²) in [5.41, 5.74) is 0.298. The Labute approximate surface area is 125 Å². The third kappa shape index (κ3) is 2.77. The Morgan fingerprint density at radius 2 is 1.90 bits per heavy atom. The van der Waals surface area contributed by atoms with Crippen LogP contribution in [-0.4, -0.2) is 50.3 Å². The van der Waals surface area contributed by atoms with Crippen LogP contribution in [0.3, 0.4) is 0 Å². The molecule has 2 aliphatic rings. The number of ether oxygens (including phenoxy) is 1. The smallest absolute Gasteiger partial charge is 0.0685 e. The molecule has 2 fully saturated rings. The Kier molecular flexibility index (Phi) is 5.14. The molecule has 0 aromatic rings. The molecule has 3 heteroatoms. The van der Waals surface area contributed by atoms with Gasteiger partial charge < -0.3 is 15.0 Å². The topological polar surface area (TPSA) is 24.5 Å². The van der Waals surface area contributed by atoms with Crippen LogP contribution in [0.5, 0.6) is 0 Å². The largest absolute Gasteiger partial charge is 0.377 e. The van der Waals surface area contributed by atoms with Gasteiger partial charge >= 0.3 is 0 Å². The van der Waals surface area contributed by atoms with Gasteiger partial charge in [0.1, 0.15) is 0 Å². The highest BCUT2D eigenvalue weighted by atomic mass is 16.5. The first-order chi connectivity index (χ1) is 9.43. The summed E-state index contributed by atoms with van der Waals surface area (Å²) in [6.45, 7) is 11.4. The second-order valence-corrected chi connectivity index (χ2v) is 7.56. The molecule has 20 heavy (non-hydrogen) atoms. The van der Waals surface area contributed by atoms with Crippen molar-refractivity contribution in [3.63, 3.8) is 0 Å². The van der Waals surface area contributed by atoms with Gasteiger partial charge in [-0.05, 0) is 26.4 Å². The van der Waals surface area contributed by atoms with Crippen molar-refractivity contribution >= 4 is 0 Å². The lowest BCUT2D eigenvalue weighted by molar-refractivity contribution is -0.113. The molecule has 0 bridgehead atoms. The van der Waals surface area contributed by atoms with Crippen molar-refractivity contribution in [3.8, 4) is 0 Å². The van der Waals surface area contributed by atoms with Crippen molar-refractivity contribution in [3.05, 3.63) is 0 Å². The van der Waals surface area contributed by atoms with E-state index in [1.54, 1.807) is 0 Å². The number of hydrogen-bond donors (Lipinski definition) is 1. The predicted octanol–water partition coefficient (Wildman–Crippen LogP) is 2.76. The average molecular weight is 282 g/mol. The zero-order chi connectivity index (χ0) is 14.9. The number of hydrogen-bond acceptors (Lipinski definition) is 3. The summed E-state index contributed by atoms with van der Waals surface area (Å²) in [5.74, 6) is 1.53. The third-order valence-electron chi connectivity index (χ3n) is 5.90. The lowest BCUT2D eigenvalue weighted by Gasteiger charge is -2.55. The third-order valence-corrected chi connectivity index (χ3v) is 5.90. The summed E-state index contributed by atoms with van der Waals surface area (Å²) in [6, 6.07) is 1.27. The molecule has 118 valence electrons. The Balaban J connectivity index is 1.92. The SMILES string of the molecule is CCC(CC)C(CNC1C2CCOC2C1(C)C)N(C)C. The fourth-order valence-electron chi connectivity index (χ4n) is 4.59. The van der Waals surface area contributed by atoms with E-state index in [1.165, 1.54) is 19.3 Å². The highest BCUT2D eigenvalue weighted by molar-refractivity contribution is 5.11. The monoisotopic (exact) mass is 282 g/mol. The van der Waals surface area contributed by atoms with Crippen LogP contribution in [0.4, 0.5) is 0 Å². The molecule has 0 aromatic carbocycles. The standard InChI is InChI=1S/C17H34N2O/c1-7-12(8-2)14(19(5)6)11-18-15-13-9-10-20-16(13)17(15,3)4/h12-16,18H,7-11H2,1-6H3. The Morgan fingerprint density at radius 3 is 2.45 bits per heavy atom. The number of likely N-dealkylation sites (N-methyl/N-ethyl adjacent to an activating group) is 1. The maximum absolute atomic E-state index is 5.89. The minimum absolute atomic E-state index is 0.298. The molecule has 2 rings (SSSR count). The van der Waals surface area contributed by atoms with Gasteiger partial charge in [0.15, 0.2) is 0 Å². The highest BCUT2D eigenvalue weighted by Crippen LogP contribution is 2.52. The summed E-state index contributed by atoms with van der Waals surface area (Å²) in [7, 11) is 4.44. The van der Waals surface area contributed by atoms with Crippen LogP contribution in [0.25, 0.3) is 0 Å². The second-order valence-electron chi connectivity index (χ2n) is 7.56. The van der Waals surface area contributed by atoms with Gasteiger partial charge in [0.25, 0.3) is 0 Å². The van der Waals surface area contributed by atoms with Crippen LogP contribution in [0.2, 0.25) is 0 Å². The molecule has 4 unspecified atom stereocenters. The Morgan fingerprint density at radius 1 is 1.25 bits per heavy atom. The van der Waals surface area contributed by atoms with E-state index < -0.39 is 0 Å². The molecular formula is C17H34N2O. The first-order valence-electron chi connectivity index (χ1n) is 8.44. The van der Waals surface area contributed by atoms with E-state index in [2.05, 4.69) is 52.0 Å². The molecule has 3 nitrogen and oxygen atoms in total. The van der Waals surface area contributed by atoms with Crippen molar-refractivity contribution in [1.29, 1.82) is 0 Å². The molecule has 4 atom stereocenters. The first-order valence-corrected chi connectivity index (χ1v) is 8.44. The highest BCUT2D eigenvalue weighted by Gasteiger charge is 2.59. The van der Waals surface area contributed by atoms with E-state index in [1.807, 2.05) is 0 Å². The molecule has 1 aliphatic carbocycles. The molecule has 1 heterocycles. The first kappa shape index (κ1) is 16.3. The van der Waals surface area contributed by atoms with Crippen LogP contribution in [0.15, 0.2) is 0 Å². The zero-order valence-electron chi connectivity index (χ0n) is 14.3. The van der Waals surface area contributed by atoms with Crippen LogP contribution < -0.4 is 5.32 Å². The normalized spacial score (nSPS) is 33.3. The maximum atomic E-state index is 5.89. The quantitative estimate of drug-likeness (QED) is 0.777. The molecule has 0 spiro atoms. The molecule has 1 saturated heterocycles. The molecule has 0 aromatic heterocycles. The minimum Gasteiger partial charge on any atom is -0.377 e. The van der Waals surface area contributed by atoms with E-state index in [-0.39, 0.29) is 0 Å². The van der Waals surface area contributed by atoms with Gasteiger partial charge in [-0.3, -0.25) is 0 Å². The number of rotatable bonds is 7. The lowest BCUT2D eigenvalue weighted by Crippen LogP contribution is -2.67. The van der Waals surface area contributed by atoms with Crippen molar-refractivity contribution in [2.75, 3.05) is 27.2 Å². The fraction of sp³-hybridized carbons (Fsp3) is 1.00. The maximum Gasteiger partial charge on any atom is 0.0685 e. The number of fused-ring (bicyclic) bond motifs is 1. The van der Waals surface area contributed by atoms with E-state index in [9.17, 15) is 0 Å². The average Bonchev–Trinajstić information content (AvgIpc) is 2.84. The van der Waals surface area contributed by atoms with Gasteiger partial charge in [-0.2, -0.15) is 0 Å². The Hall–Kier alpha value is -0.120. The van der Waals surface area contributed by atoms with Crippen molar-refractivity contribution in [2.24, 2.45) is 17.3 Å². The lowest BCUT2D eigenvalue weighted by atomic mass is 9.57. The summed E-state index contributed by atoms with van der Waals surface area (Å²) >= 11 is 0. The summed E-state index contributed by atoms with van der Waals surface area (Å²) in [5, 5.41) is 3.89.